The number of hydrogen-bond donors (Lipinski definition) is 1. The molecule has 17 heteroatoms. The first-order chi connectivity index (χ1) is 24.1. The van der Waals surface area contributed by atoms with Crippen molar-refractivity contribution in [3.8, 4) is 17.4 Å². The van der Waals surface area contributed by atoms with Gasteiger partial charge in [-0.15, -0.1) is 0 Å². The number of amides is 1. The van der Waals surface area contributed by atoms with Gasteiger partial charge in [-0.1, -0.05) is 46.9 Å². The lowest BCUT2D eigenvalue weighted by Crippen LogP contribution is -2.48. The van der Waals surface area contributed by atoms with Crippen molar-refractivity contribution in [2.75, 3.05) is 37.5 Å². The summed E-state index contributed by atoms with van der Waals surface area (Å²) in [6.45, 7) is 1.56. The van der Waals surface area contributed by atoms with Crippen molar-refractivity contribution < 1.29 is 35.9 Å². The number of carbonyl (C=O) groups excluding carboxylic acids is 1. The number of benzene rings is 3. The van der Waals surface area contributed by atoms with E-state index in [9.17, 15) is 26.4 Å². The number of sulfonamides is 1. The van der Waals surface area contributed by atoms with Gasteiger partial charge in [-0.05, 0) is 54.1 Å². The lowest BCUT2D eigenvalue weighted by Gasteiger charge is -2.34. The molecule has 3 heterocycles. The molecular weight excluding hydrogens is 754 g/mol. The molecule has 10 nitrogen and oxygen atoms in total. The van der Waals surface area contributed by atoms with Crippen molar-refractivity contribution in [2.24, 2.45) is 7.05 Å². The van der Waals surface area contributed by atoms with Gasteiger partial charge in [-0.3, -0.25) is 14.4 Å². The lowest BCUT2D eigenvalue weighted by atomic mass is 10.2. The molecule has 1 fully saturated rings. The molecule has 0 aliphatic carbocycles. The predicted octanol–water partition coefficient (Wildman–Crippen LogP) is 8.03. The first-order valence-electron chi connectivity index (χ1n) is 15.4. The highest BCUT2D eigenvalue weighted by Crippen LogP contribution is 2.33. The second kappa shape index (κ2) is 14.8. The molecule has 268 valence electrons. The van der Waals surface area contributed by atoms with Gasteiger partial charge in [-0.25, -0.2) is 13.4 Å². The number of halogens is 6. The minimum atomic E-state index is -4.39. The van der Waals surface area contributed by atoms with Crippen molar-refractivity contribution in [1.29, 1.82) is 0 Å². The van der Waals surface area contributed by atoms with Gasteiger partial charge < -0.3 is 18.9 Å². The minimum absolute atomic E-state index is 0.0384. The van der Waals surface area contributed by atoms with E-state index in [2.05, 4.69) is 14.6 Å². The van der Waals surface area contributed by atoms with E-state index in [1.807, 2.05) is 12.1 Å². The summed E-state index contributed by atoms with van der Waals surface area (Å²) >= 11 is 18.0. The molecule has 3 aromatic carbocycles. The Morgan fingerprint density at radius 2 is 1.57 bits per heavy atom. The van der Waals surface area contributed by atoms with E-state index in [-0.39, 0.29) is 43.2 Å². The Kier molecular flexibility index (Phi) is 10.6. The second-order valence-corrected chi connectivity index (χ2v) is 14.6. The summed E-state index contributed by atoms with van der Waals surface area (Å²) in [6, 6.07) is 19.1. The molecule has 0 saturated carbocycles. The third kappa shape index (κ3) is 8.82. The molecule has 1 aliphatic heterocycles. The van der Waals surface area contributed by atoms with Gasteiger partial charge in [0.2, 0.25) is 5.88 Å². The molecule has 0 spiro atoms. The van der Waals surface area contributed by atoms with Gasteiger partial charge in [0.05, 0.1) is 32.5 Å². The summed E-state index contributed by atoms with van der Waals surface area (Å²) in [6.07, 6.45) is -3.10. The summed E-state index contributed by atoms with van der Waals surface area (Å²) in [5.41, 5.74) is 2.38. The highest BCUT2D eigenvalue weighted by atomic mass is 35.5. The van der Waals surface area contributed by atoms with Crippen LogP contribution in [0.4, 0.5) is 18.9 Å². The van der Waals surface area contributed by atoms with Gasteiger partial charge in [0.25, 0.3) is 15.9 Å². The van der Waals surface area contributed by atoms with E-state index < -0.39 is 22.8 Å². The summed E-state index contributed by atoms with van der Waals surface area (Å²) in [4.78, 5) is 21.5. The molecule has 1 saturated heterocycles. The van der Waals surface area contributed by atoms with Gasteiger partial charge in [-0.2, -0.15) is 13.2 Å². The Balaban J connectivity index is 1.05. The SMILES string of the molecule is Cn1c(C(=O)N2CCN(Cc3ccc(OCC(F)(F)F)cc3)CC2)cc2ccc(Oc3ccc(NS(=O)(=O)c4cc(Cl)c(Cl)cc4Cl)cn3)cc21. The number of hydrogen-bond acceptors (Lipinski definition) is 7. The zero-order valence-electron chi connectivity index (χ0n) is 26.8. The van der Waals surface area contributed by atoms with E-state index in [4.69, 9.17) is 44.3 Å². The van der Waals surface area contributed by atoms with Crippen LogP contribution in [-0.2, 0) is 23.6 Å². The number of nitrogens with zero attached hydrogens (tertiary/aromatic N) is 4. The number of ether oxygens (including phenoxy) is 2. The number of piperazine rings is 1. The topological polar surface area (TPSA) is 106 Å². The summed E-state index contributed by atoms with van der Waals surface area (Å²) in [5, 5.41) is 0.915. The molecule has 1 aliphatic rings. The number of nitrogens with one attached hydrogen (secondary N) is 1. The quantitative estimate of drug-likeness (QED) is 0.143. The number of aromatic nitrogens is 2. The number of rotatable bonds is 10. The van der Waals surface area contributed by atoms with Crippen molar-refractivity contribution >= 4 is 67.3 Å². The molecule has 2 aromatic heterocycles. The standard InChI is InChI=1S/C34H29Cl3F3N5O5S/c1-43-29-15-25(50-32-9-5-23(18-41-32)42-51(47,48)31-17-27(36)26(35)16-28(31)37)8-4-22(29)14-30(43)33(46)45-12-10-44(11-13-45)19-21-2-6-24(7-3-21)49-20-34(38,39)40/h2-9,14-18,42H,10-13,19-20H2,1H3. The van der Waals surface area contributed by atoms with Crippen LogP contribution in [-0.4, -0.2) is 72.6 Å². The lowest BCUT2D eigenvalue weighted by molar-refractivity contribution is -0.153. The van der Waals surface area contributed by atoms with E-state index in [0.717, 1.165) is 22.5 Å². The van der Waals surface area contributed by atoms with Crippen LogP contribution in [0.15, 0.2) is 83.9 Å². The maximum Gasteiger partial charge on any atom is 0.422 e. The fourth-order valence-corrected chi connectivity index (χ4v) is 7.55. The largest absolute Gasteiger partial charge is 0.484 e. The normalized spacial score (nSPS) is 14.1. The van der Waals surface area contributed by atoms with Gasteiger partial charge in [0.15, 0.2) is 6.61 Å². The first kappa shape index (κ1) is 36.6. The van der Waals surface area contributed by atoms with Crippen LogP contribution in [0, 0.1) is 0 Å². The maximum atomic E-state index is 13.6. The van der Waals surface area contributed by atoms with Crippen LogP contribution in [0.1, 0.15) is 16.1 Å². The van der Waals surface area contributed by atoms with Crippen LogP contribution in [0.25, 0.3) is 10.9 Å². The summed E-state index contributed by atoms with van der Waals surface area (Å²) in [7, 11) is -2.29. The minimum Gasteiger partial charge on any atom is -0.484 e. The van der Waals surface area contributed by atoms with E-state index in [0.29, 0.717) is 44.2 Å². The summed E-state index contributed by atoms with van der Waals surface area (Å²) in [5.74, 6) is 0.713. The summed E-state index contributed by atoms with van der Waals surface area (Å²) < 4.78 is 77.9. The van der Waals surface area contributed by atoms with E-state index >= 15 is 0 Å². The fourth-order valence-electron chi connectivity index (χ4n) is 5.51. The Hall–Kier alpha value is -4.21. The predicted molar refractivity (Wildman–Crippen MR) is 189 cm³/mol. The van der Waals surface area contributed by atoms with Crippen molar-refractivity contribution in [3.05, 3.63) is 105 Å². The molecule has 1 amide bonds. The molecule has 1 N–H and O–H groups in total. The second-order valence-electron chi connectivity index (χ2n) is 11.7. The molecule has 5 aromatic rings. The fraction of sp³-hybridized carbons (Fsp3) is 0.235. The molecule has 0 unspecified atom stereocenters. The van der Waals surface area contributed by atoms with Crippen LogP contribution in [0.5, 0.6) is 17.4 Å². The number of pyridine rings is 1. The smallest absolute Gasteiger partial charge is 0.422 e. The monoisotopic (exact) mass is 781 g/mol. The van der Waals surface area contributed by atoms with Crippen molar-refractivity contribution in [3.63, 3.8) is 0 Å². The molecular formula is C34H29Cl3F3N5O5S. The Bertz CT molecular complexity index is 2180. The maximum absolute atomic E-state index is 13.6. The third-order valence-electron chi connectivity index (χ3n) is 8.10. The van der Waals surface area contributed by atoms with Crippen molar-refractivity contribution in [2.45, 2.75) is 17.6 Å². The molecule has 51 heavy (non-hydrogen) atoms. The Labute approximate surface area is 306 Å². The number of carbonyl (C=O) groups is 1. The van der Waals surface area contributed by atoms with Gasteiger partial charge in [0.1, 0.15) is 22.1 Å². The Morgan fingerprint density at radius 1 is 0.882 bits per heavy atom. The van der Waals surface area contributed by atoms with Crippen molar-refractivity contribution in [1.82, 2.24) is 19.4 Å². The number of fused-ring (bicyclic) bond motifs is 1. The van der Waals surface area contributed by atoms with Gasteiger partial charge in [0, 0.05) is 57.3 Å². The van der Waals surface area contributed by atoms with Crippen LogP contribution >= 0.6 is 34.8 Å². The average Bonchev–Trinajstić information content (AvgIpc) is 3.41. The highest BCUT2D eigenvalue weighted by molar-refractivity contribution is 7.92. The van der Waals surface area contributed by atoms with Crippen LogP contribution < -0.4 is 14.2 Å². The molecule has 0 atom stereocenters. The Morgan fingerprint density at radius 3 is 2.24 bits per heavy atom. The van der Waals surface area contributed by atoms with Gasteiger partial charge >= 0.3 is 6.18 Å². The highest BCUT2D eigenvalue weighted by Gasteiger charge is 2.29. The molecule has 6 rings (SSSR count). The average molecular weight is 783 g/mol. The number of aryl methyl sites for hydroxylation is 1. The molecule has 0 bridgehead atoms. The zero-order chi connectivity index (χ0) is 36.5. The zero-order valence-corrected chi connectivity index (χ0v) is 29.8. The van der Waals surface area contributed by atoms with Crippen LogP contribution in [0.3, 0.4) is 0 Å². The van der Waals surface area contributed by atoms with E-state index in [1.165, 1.54) is 36.5 Å². The van der Waals surface area contributed by atoms with Crippen LogP contribution in [0.2, 0.25) is 15.1 Å². The molecule has 0 radical (unpaired) electrons. The number of alkyl halides is 3. The first-order valence-corrected chi connectivity index (χ1v) is 18.0. The van der Waals surface area contributed by atoms with E-state index in [1.54, 1.807) is 40.8 Å². The number of anilines is 1. The third-order valence-corrected chi connectivity index (χ3v) is 10.7.